The van der Waals surface area contributed by atoms with E-state index in [1.165, 1.54) is 31.7 Å². The maximum Gasteiger partial charge on any atom is 0.159 e. The molecule has 1 aromatic heterocycles. The van der Waals surface area contributed by atoms with Crippen LogP contribution in [0.15, 0.2) is 36.7 Å². The summed E-state index contributed by atoms with van der Waals surface area (Å²) in [5, 5.41) is 0. The molecule has 1 heterocycles. The van der Waals surface area contributed by atoms with Crippen molar-refractivity contribution in [1.82, 2.24) is 9.97 Å². The molecule has 1 atom stereocenters. The molecule has 34 heavy (non-hydrogen) atoms. The van der Waals surface area contributed by atoms with E-state index in [-0.39, 0.29) is 6.61 Å². The van der Waals surface area contributed by atoms with E-state index in [4.69, 9.17) is 9.47 Å². The lowest BCUT2D eigenvalue weighted by Gasteiger charge is -2.20. The lowest BCUT2D eigenvalue weighted by atomic mass is 10.0. The molecular weight excluding hydrogens is 443 g/mol. The number of benzene rings is 1. The molecule has 0 unspecified atom stereocenters. The summed E-state index contributed by atoms with van der Waals surface area (Å²) in [7, 11) is -0.884. The van der Waals surface area contributed by atoms with E-state index in [0.29, 0.717) is 30.4 Å². The van der Waals surface area contributed by atoms with Crippen molar-refractivity contribution in [3.63, 3.8) is 0 Å². The molecule has 1 aromatic carbocycles. The minimum atomic E-state index is -1.31. The molecule has 0 aliphatic heterocycles. The number of hydrogen-bond acceptors (Lipinski definition) is 4. The van der Waals surface area contributed by atoms with Crippen LogP contribution in [0, 0.1) is 0 Å². The first-order chi connectivity index (χ1) is 16.2. The van der Waals surface area contributed by atoms with Gasteiger partial charge < -0.3 is 9.47 Å². The third kappa shape index (κ3) is 12.0. The molecule has 190 valence electrons. The van der Waals surface area contributed by atoms with Crippen LogP contribution in [0.25, 0.3) is 11.4 Å². The fourth-order valence-corrected chi connectivity index (χ4v) is 5.08. The van der Waals surface area contributed by atoms with Crippen LogP contribution in [0.1, 0.15) is 71.6 Å². The first-order valence-electron chi connectivity index (χ1n) is 13.1. The van der Waals surface area contributed by atoms with Crippen molar-refractivity contribution in [2.75, 3.05) is 13.2 Å². The van der Waals surface area contributed by atoms with Crippen LogP contribution >= 0.6 is 0 Å². The number of nitrogens with zero attached hydrogens (tertiary/aromatic N) is 2. The minimum absolute atomic E-state index is 0.0665. The zero-order valence-electron chi connectivity index (χ0n) is 22.0. The second-order valence-corrected chi connectivity index (χ2v) is 16.5. The molecule has 6 heteroatoms. The zero-order chi connectivity index (χ0) is 24.9. The summed E-state index contributed by atoms with van der Waals surface area (Å²) >= 11 is 0. The van der Waals surface area contributed by atoms with Crippen molar-refractivity contribution in [2.24, 2.45) is 0 Å². The predicted molar refractivity (Wildman–Crippen MR) is 143 cm³/mol. The number of hydrogen-bond donors (Lipinski definition) is 0. The van der Waals surface area contributed by atoms with Crippen molar-refractivity contribution in [1.29, 1.82) is 0 Å². The molecule has 0 N–H and O–H groups in total. The Kier molecular flexibility index (Phi) is 12.0. The Labute approximate surface area is 207 Å². The molecule has 0 bridgehead atoms. The lowest BCUT2D eigenvalue weighted by Crippen LogP contribution is -2.27. The normalized spacial score (nSPS) is 13.5. The number of rotatable bonds is 17. The van der Waals surface area contributed by atoms with Gasteiger partial charge >= 0.3 is 0 Å². The lowest BCUT2D eigenvalue weighted by molar-refractivity contribution is 0.0907. The number of aromatic nitrogens is 2. The van der Waals surface area contributed by atoms with Gasteiger partial charge in [0.2, 0.25) is 0 Å². The van der Waals surface area contributed by atoms with E-state index in [1.54, 1.807) is 19.3 Å². The molecule has 2 aromatic rings. The molecule has 4 nitrogen and oxygen atoms in total. The standard InChI is InChI=1S/C28H45FN2O2Si/c1-6-7-11-18-28(2,29)23-33-25-16-14-24(15-17-25)27-30-21-26(22-31-27)32-19-12-9-8-10-13-20-34(3,4)5/h14-17,21-22H,6-13,18-20,23H2,1-5H3/t28-/m0/s1. The molecule has 0 aliphatic carbocycles. The second kappa shape index (κ2) is 14.4. The largest absolute Gasteiger partial charge is 0.490 e. The van der Waals surface area contributed by atoms with Crippen molar-refractivity contribution in [2.45, 2.75) is 103 Å². The van der Waals surface area contributed by atoms with Crippen molar-refractivity contribution < 1.29 is 13.9 Å². The quantitative estimate of drug-likeness (QED) is 0.165. The molecule has 0 saturated heterocycles. The fourth-order valence-electron chi connectivity index (χ4n) is 3.77. The Morgan fingerprint density at radius 1 is 0.824 bits per heavy atom. The van der Waals surface area contributed by atoms with E-state index < -0.39 is 13.7 Å². The Bertz CT molecular complexity index is 805. The Morgan fingerprint density at radius 2 is 1.47 bits per heavy atom. The van der Waals surface area contributed by atoms with Crippen LogP contribution in [0.2, 0.25) is 25.7 Å². The molecule has 0 radical (unpaired) electrons. The highest BCUT2D eigenvalue weighted by atomic mass is 28.3. The predicted octanol–water partition coefficient (Wildman–Crippen LogP) is 8.50. The van der Waals surface area contributed by atoms with E-state index in [9.17, 15) is 4.39 Å². The van der Waals surface area contributed by atoms with Gasteiger partial charge in [0.1, 0.15) is 18.0 Å². The van der Waals surface area contributed by atoms with Gasteiger partial charge in [-0.2, -0.15) is 0 Å². The summed E-state index contributed by atoms with van der Waals surface area (Å²) in [4.78, 5) is 8.87. The van der Waals surface area contributed by atoms with Gasteiger partial charge in [0, 0.05) is 13.6 Å². The molecule has 0 saturated carbocycles. The van der Waals surface area contributed by atoms with Crippen LogP contribution in [-0.2, 0) is 0 Å². The molecule has 2 rings (SSSR count). The summed E-state index contributed by atoms with van der Waals surface area (Å²) in [6.45, 7) is 11.8. The summed E-state index contributed by atoms with van der Waals surface area (Å²) in [6.07, 6.45) is 13.3. The SMILES string of the molecule is CCCCC[C@](C)(F)COc1ccc(-c2ncc(OCCCCCCC[Si](C)(C)C)cn2)cc1. The van der Waals surface area contributed by atoms with Gasteiger partial charge in [-0.05, 0) is 44.0 Å². The zero-order valence-corrected chi connectivity index (χ0v) is 23.0. The maximum absolute atomic E-state index is 14.5. The van der Waals surface area contributed by atoms with Gasteiger partial charge in [-0.3, -0.25) is 0 Å². The van der Waals surface area contributed by atoms with Crippen LogP contribution in [0.3, 0.4) is 0 Å². The number of halogens is 1. The Hall–Kier alpha value is -1.95. The summed E-state index contributed by atoms with van der Waals surface area (Å²) in [5.74, 6) is 1.99. The van der Waals surface area contributed by atoms with Crippen LogP contribution in [0.4, 0.5) is 4.39 Å². The fraction of sp³-hybridized carbons (Fsp3) is 0.643. The van der Waals surface area contributed by atoms with E-state index in [0.717, 1.165) is 31.2 Å². The topological polar surface area (TPSA) is 44.2 Å². The van der Waals surface area contributed by atoms with Crippen molar-refractivity contribution in [3.8, 4) is 22.9 Å². The van der Waals surface area contributed by atoms with Crippen molar-refractivity contribution in [3.05, 3.63) is 36.7 Å². The van der Waals surface area contributed by atoms with Gasteiger partial charge in [-0.1, -0.05) is 77.6 Å². The molecular formula is C28H45FN2O2Si. The third-order valence-electron chi connectivity index (χ3n) is 5.92. The summed E-state index contributed by atoms with van der Waals surface area (Å²) in [5.41, 5.74) is -0.413. The molecule has 0 spiro atoms. The molecule has 0 fully saturated rings. The van der Waals surface area contributed by atoms with Gasteiger partial charge in [0.15, 0.2) is 11.6 Å². The Balaban J connectivity index is 1.69. The molecule has 0 amide bonds. The highest BCUT2D eigenvalue weighted by Crippen LogP contribution is 2.24. The van der Waals surface area contributed by atoms with Gasteiger partial charge in [-0.25, -0.2) is 14.4 Å². The summed E-state index contributed by atoms with van der Waals surface area (Å²) in [6, 6.07) is 8.92. The van der Waals surface area contributed by atoms with Crippen LogP contribution in [0.5, 0.6) is 11.5 Å². The van der Waals surface area contributed by atoms with Crippen LogP contribution < -0.4 is 9.47 Å². The monoisotopic (exact) mass is 488 g/mol. The van der Waals surface area contributed by atoms with Crippen LogP contribution in [-0.4, -0.2) is 36.9 Å². The molecule has 0 aliphatic rings. The number of alkyl halides is 1. The van der Waals surface area contributed by atoms with Gasteiger partial charge in [0.05, 0.1) is 19.0 Å². The third-order valence-corrected chi connectivity index (χ3v) is 7.78. The average Bonchev–Trinajstić information content (AvgIpc) is 2.80. The van der Waals surface area contributed by atoms with E-state index in [1.807, 2.05) is 24.3 Å². The Morgan fingerprint density at radius 3 is 2.12 bits per heavy atom. The summed E-state index contributed by atoms with van der Waals surface area (Å²) < 4.78 is 26.0. The first kappa shape index (κ1) is 28.3. The van der Waals surface area contributed by atoms with Gasteiger partial charge in [0.25, 0.3) is 0 Å². The first-order valence-corrected chi connectivity index (χ1v) is 16.8. The average molecular weight is 489 g/mol. The number of ether oxygens (including phenoxy) is 2. The second-order valence-electron chi connectivity index (χ2n) is 10.9. The smallest absolute Gasteiger partial charge is 0.159 e. The highest BCUT2D eigenvalue weighted by Gasteiger charge is 2.23. The van der Waals surface area contributed by atoms with E-state index in [2.05, 4.69) is 36.5 Å². The van der Waals surface area contributed by atoms with E-state index >= 15 is 0 Å². The number of unbranched alkanes of at least 4 members (excludes halogenated alkanes) is 6. The maximum atomic E-state index is 14.5. The highest BCUT2D eigenvalue weighted by molar-refractivity contribution is 6.76. The minimum Gasteiger partial charge on any atom is -0.490 e. The van der Waals surface area contributed by atoms with Gasteiger partial charge in [-0.15, -0.1) is 0 Å². The van der Waals surface area contributed by atoms with Crippen molar-refractivity contribution >= 4 is 8.07 Å².